The van der Waals surface area contributed by atoms with Crippen molar-refractivity contribution in [3.05, 3.63) is 0 Å². The van der Waals surface area contributed by atoms with Crippen molar-refractivity contribution in [1.82, 2.24) is 4.90 Å². The number of hydrogen-bond acceptors (Lipinski definition) is 2. The highest BCUT2D eigenvalue weighted by Gasteiger charge is 2.43. The van der Waals surface area contributed by atoms with Crippen LogP contribution < -0.4 is 5.73 Å². The molecule has 4 rings (SSSR count). The van der Waals surface area contributed by atoms with Crippen LogP contribution in [0.1, 0.15) is 57.8 Å². The second kappa shape index (κ2) is 4.73. The Bertz CT molecular complexity index is 328. The molecular formula is C17H30N2. The third-order valence-corrected chi connectivity index (χ3v) is 7.20. The molecule has 2 heteroatoms. The van der Waals surface area contributed by atoms with Crippen LogP contribution in [0.15, 0.2) is 0 Å². The van der Waals surface area contributed by atoms with Gasteiger partial charge in [-0.3, -0.25) is 0 Å². The maximum atomic E-state index is 6.64. The van der Waals surface area contributed by atoms with Gasteiger partial charge in [0.1, 0.15) is 0 Å². The summed E-state index contributed by atoms with van der Waals surface area (Å²) in [6, 6.07) is 2.21. The van der Waals surface area contributed by atoms with E-state index >= 15 is 0 Å². The van der Waals surface area contributed by atoms with Crippen molar-refractivity contribution in [1.29, 1.82) is 0 Å². The zero-order valence-electron chi connectivity index (χ0n) is 12.4. The lowest BCUT2D eigenvalue weighted by Crippen LogP contribution is -2.46. The van der Waals surface area contributed by atoms with Crippen molar-refractivity contribution >= 4 is 0 Å². The normalized spacial score (nSPS) is 50.8. The summed E-state index contributed by atoms with van der Waals surface area (Å²) in [5.74, 6) is 3.95. The van der Waals surface area contributed by atoms with Gasteiger partial charge in [0.15, 0.2) is 0 Å². The molecule has 2 nitrogen and oxygen atoms in total. The summed E-state index contributed by atoms with van der Waals surface area (Å²) in [6.07, 6.45) is 13.1. The first-order valence-electron chi connectivity index (χ1n) is 8.68. The monoisotopic (exact) mass is 262 g/mol. The fourth-order valence-corrected chi connectivity index (χ4v) is 6.01. The van der Waals surface area contributed by atoms with Gasteiger partial charge in [0.2, 0.25) is 0 Å². The van der Waals surface area contributed by atoms with Gasteiger partial charge in [0.25, 0.3) is 0 Å². The Morgan fingerprint density at radius 2 is 1.74 bits per heavy atom. The standard InChI is InChI=1S/C17H30N2/c1-19-15-4-5-16(19)9-14(8-15)17(18)10-13-7-11-2-3-12(13)6-11/h11-17H,2-10,18H2,1H3. The van der Waals surface area contributed by atoms with Crippen LogP contribution in [0.25, 0.3) is 0 Å². The molecule has 4 bridgehead atoms. The van der Waals surface area contributed by atoms with E-state index in [2.05, 4.69) is 11.9 Å². The molecule has 0 aromatic heterocycles. The fraction of sp³-hybridized carbons (Fsp3) is 1.00. The van der Waals surface area contributed by atoms with E-state index in [4.69, 9.17) is 5.73 Å². The topological polar surface area (TPSA) is 29.3 Å². The molecule has 2 saturated heterocycles. The number of nitrogens with zero attached hydrogens (tertiary/aromatic N) is 1. The van der Waals surface area contributed by atoms with E-state index in [1.165, 1.54) is 57.8 Å². The van der Waals surface area contributed by atoms with Crippen molar-refractivity contribution < 1.29 is 0 Å². The highest BCUT2D eigenvalue weighted by atomic mass is 15.2. The Kier molecular flexibility index (Phi) is 3.15. The quantitative estimate of drug-likeness (QED) is 0.847. The first-order valence-corrected chi connectivity index (χ1v) is 8.68. The van der Waals surface area contributed by atoms with Crippen LogP contribution in [-0.4, -0.2) is 30.1 Å². The van der Waals surface area contributed by atoms with Crippen LogP contribution in [-0.2, 0) is 0 Å². The first kappa shape index (κ1) is 12.6. The van der Waals surface area contributed by atoms with Crippen LogP contribution in [0.3, 0.4) is 0 Å². The van der Waals surface area contributed by atoms with Crippen LogP contribution in [0.5, 0.6) is 0 Å². The smallest absolute Gasteiger partial charge is 0.00989 e. The SMILES string of the molecule is CN1C2CCC1CC(C(N)CC1CC3CCC1C3)C2. The molecule has 2 heterocycles. The maximum Gasteiger partial charge on any atom is 0.00989 e. The molecule has 0 aromatic carbocycles. The van der Waals surface area contributed by atoms with Crippen LogP contribution in [0.4, 0.5) is 0 Å². The van der Waals surface area contributed by atoms with Gasteiger partial charge >= 0.3 is 0 Å². The molecule has 2 saturated carbocycles. The average Bonchev–Trinajstić information content (AvgIpc) is 3.03. The second-order valence-corrected chi connectivity index (χ2v) is 8.12. The lowest BCUT2D eigenvalue weighted by atomic mass is 9.77. The van der Waals surface area contributed by atoms with Gasteiger partial charge in [-0.2, -0.15) is 0 Å². The van der Waals surface area contributed by atoms with Gasteiger partial charge in [0, 0.05) is 18.1 Å². The third kappa shape index (κ3) is 2.15. The van der Waals surface area contributed by atoms with Crippen LogP contribution in [0.2, 0.25) is 0 Å². The predicted molar refractivity (Wildman–Crippen MR) is 78.8 cm³/mol. The zero-order valence-corrected chi connectivity index (χ0v) is 12.4. The summed E-state index contributed by atoms with van der Waals surface area (Å²) >= 11 is 0. The molecule has 108 valence electrons. The van der Waals surface area contributed by atoms with Gasteiger partial charge in [-0.05, 0) is 82.1 Å². The minimum Gasteiger partial charge on any atom is -0.327 e. The van der Waals surface area contributed by atoms with Crippen molar-refractivity contribution in [3.8, 4) is 0 Å². The van der Waals surface area contributed by atoms with Crippen LogP contribution in [0, 0.1) is 23.7 Å². The molecule has 0 spiro atoms. The van der Waals surface area contributed by atoms with E-state index in [0.29, 0.717) is 6.04 Å². The van der Waals surface area contributed by atoms with Crippen LogP contribution >= 0.6 is 0 Å². The molecular weight excluding hydrogens is 232 g/mol. The Balaban J connectivity index is 1.35. The Hall–Kier alpha value is -0.0800. The average molecular weight is 262 g/mol. The highest BCUT2D eigenvalue weighted by Crippen LogP contribution is 2.50. The minimum atomic E-state index is 0.501. The molecule has 0 amide bonds. The van der Waals surface area contributed by atoms with E-state index < -0.39 is 0 Å². The van der Waals surface area contributed by atoms with E-state index in [9.17, 15) is 0 Å². The molecule has 2 N–H and O–H groups in total. The molecule has 0 aromatic rings. The molecule has 6 atom stereocenters. The fourth-order valence-electron chi connectivity index (χ4n) is 6.01. The minimum absolute atomic E-state index is 0.501. The molecule has 19 heavy (non-hydrogen) atoms. The van der Waals surface area contributed by atoms with Crippen molar-refractivity contribution in [2.45, 2.75) is 75.9 Å². The number of rotatable bonds is 3. The Morgan fingerprint density at radius 1 is 1.00 bits per heavy atom. The van der Waals surface area contributed by atoms with Gasteiger partial charge in [-0.25, -0.2) is 0 Å². The van der Waals surface area contributed by atoms with Crippen molar-refractivity contribution in [2.75, 3.05) is 7.05 Å². The van der Waals surface area contributed by atoms with Gasteiger partial charge in [-0.15, -0.1) is 0 Å². The molecule has 2 aliphatic heterocycles. The summed E-state index contributed by atoms with van der Waals surface area (Å²) in [5, 5.41) is 0. The lowest BCUT2D eigenvalue weighted by molar-refractivity contribution is 0.111. The Labute approximate surface area is 118 Å². The summed E-state index contributed by atoms with van der Waals surface area (Å²) in [5.41, 5.74) is 6.64. The van der Waals surface area contributed by atoms with E-state index in [-0.39, 0.29) is 0 Å². The van der Waals surface area contributed by atoms with E-state index in [1.807, 2.05) is 0 Å². The largest absolute Gasteiger partial charge is 0.327 e. The number of nitrogens with two attached hydrogens (primary N) is 1. The maximum absolute atomic E-state index is 6.64. The van der Waals surface area contributed by atoms with Gasteiger partial charge in [0.05, 0.1) is 0 Å². The first-order chi connectivity index (χ1) is 9.20. The summed E-state index contributed by atoms with van der Waals surface area (Å²) < 4.78 is 0. The molecule has 0 radical (unpaired) electrons. The number of piperidine rings is 1. The van der Waals surface area contributed by atoms with Gasteiger partial charge in [-0.1, -0.05) is 6.42 Å². The summed E-state index contributed by atoms with van der Waals surface area (Å²) in [4.78, 5) is 2.64. The summed E-state index contributed by atoms with van der Waals surface area (Å²) in [6.45, 7) is 0. The predicted octanol–water partition coefficient (Wildman–Crippen LogP) is 3.01. The van der Waals surface area contributed by atoms with Crippen molar-refractivity contribution in [3.63, 3.8) is 0 Å². The molecule has 6 unspecified atom stereocenters. The molecule has 4 fully saturated rings. The highest BCUT2D eigenvalue weighted by molar-refractivity contribution is 4.98. The number of hydrogen-bond donors (Lipinski definition) is 1. The Morgan fingerprint density at radius 3 is 2.32 bits per heavy atom. The van der Waals surface area contributed by atoms with Crippen molar-refractivity contribution in [2.24, 2.45) is 29.4 Å². The lowest BCUT2D eigenvalue weighted by Gasteiger charge is -2.40. The number of fused-ring (bicyclic) bond motifs is 4. The summed E-state index contributed by atoms with van der Waals surface area (Å²) in [7, 11) is 2.33. The third-order valence-electron chi connectivity index (χ3n) is 7.20. The molecule has 4 aliphatic rings. The zero-order chi connectivity index (χ0) is 13.0. The van der Waals surface area contributed by atoms with Gasteiger partial charge < -0.3 is 10.6 Å². The molecule has 2 aliphatic carbocycles. The second-order valence-electron chi connectivity index (χ2n) is 8.12. The van der Waals surface area contributed by atoms with E-state index in [1.54, 1.807) is 0 Å². The van der Waals surface area contributed by atoms with E-state index in [0.717, 1.165) is 35.8 Å².